The standard InChI is InChI=1S/C14H26O4S4/c1-11(9-21-7-5-19)13(15)17-3-4-18-14(16)12(2)10-22-8-6-20/h11-12,19-20H,3-10H2,1-2H3. The van der Waals surface area contributed by atoms with Crippen LogP contribution in [0.15, 0.2) is 0 Å². The topological polar surface area (TPSA) is 52.6 Å². The van der Waals surface area contributed by atoms with Crippen LogP contribution < -0.4 is 0 Å². The first-order valence-corrected chi connectivity index (χ1v) is 10.8. The van der Waals surface area contributed by atoms with E-state index in [1.807, 2.05) is 13.8 Å². The third-order valence-electron chi connectivity index (χ3n) is 2.58. The third-order valence-corrected chi connectivity index (χ3v) is 6.09. The first-order valence-electron chi connectivity index (χ1n) is 7.23. The van der Waals surface area contributed by atoms with Gasteiger partial charge in [-0.3, -0.25) is 9.59 Å². The van der Waals surface area contributed by atoms with Crippen molar-refractivity contribution in [3.63, 3.8) is 0 Å². The Kier molecular flexibility index (Phi) is 15.1. The van der Waals surface area contributed by atoms with Crippen molar-refractivity contribution in [1.29, 1.82) is 0 Å². The predicted octanol–water partition coefficient (Wildman–Crippen LogP) is 2.67. The molecular weight excluding hydrogens is 360 g/mol. The third kappa shape index (κ3) is 11.8. The fourth-order valence-corrected chi connectivity index (χ4v) is 3.70. The Bertz CT molecular complexity index is 285. The first-order chi connectivity index (χ1) is 10.5. The Labute approximate surface area is 153 Å². The van der Waals surface area contributed by atoms with Crippen molar-refractivity contribution in [2.45, 2.75) is 13.8 Å². The van der Waals surface area contributed by atoms with Crippen LogP contribution in [0.3, 0.4) is 0 Å². The molecule has 0 fully saturated rings. The van der Waals surface area contributed by atoms with Crippen LogP contribution in [0.4, 0.5) is 0 Å². The highest BCUT2D eigenvalue weighted by molar-refractivity contribution is 8.00. The zero-order chi connectivity index (χ0) is 16.8. The predicted molar refractivity (Wildman–Crippen MR) is 103 cm³/mol. The molecule has 0 aromatic rings. The van der Waals surface area contributed by atoms with Crippen LogP contribution in [0.2, 0.25) is 0 Å². The Hall–Kier alpha value is 0.340. The minimum absolute atomic E-state index is 0.114. The van der Waals surface area contributed by atoms with E-state index in [2.05, 4.69) is 25.3 Å². The quantitative estimate of drug-likeness (QED) is 0.288. The lowest BCUT2D eigenvalue weighted by atomic mass is 10.2. The van der Waals surface area contributed by atoms with E-state index in [1.54, 1.807) is 23.5 Å². The molecule has 0 aliphatic rings. The van der Waals surface area contributed by atoms with Crippen LogP contribution in [0.25, 0.3) is 0 Å². The molecule has 0 amide bonds. The molecule has 0 radical (unpaired) electrons. The molecule has 0 spiro atoms. The van der Waals surface area contributed by atoms with Crippen molar-refractivity contribution < 1.29 is 19.1 Å². The Morgan fingerprint density at radius 2 is 1.23 bits per heavy atom. The van der Waals surface area contributed by atoms with Gasteiger partial charge >= 0.3 is 11.9 Å². The summed E-state index contributed by atoms with van der Waals surface area (Å²) in [4.78, 5) is 23.4. The van der Waals surface area contributed by atoms with Gasteiger partial charge in [-0.2, -0.15) is 48.8 Å². The molecule has 8 heteroatoms. The van der Waals surface area contributed by atoms with E-state index >= 15 is 0 Å². The molecule has 4 nitrogen and oxygen atoms in total. The van der Waals surface area contributed by atoms with Gasteiger partial charge < -0.3 is 9.47 Å². The highest BCUT2D eigenvalue weighted by atomic mass is 32.2. The smallest absolute Gasteiger partial charge is 0.309 e. The lowest BCUT2D eigenvalue weighted by Crippen LogP contribution is -2.22. The van der Waals surface area contributed by atoms with Crippen LogP contribution in [0, 0.1) is 11.8 Å². The molecule has 0 aromatic carbocycles. The molecule has 0 N–H and O–H groups in total. The van der Waals surface area contributed by atoms with Gasteiger partial charge in [-0.15, -0.1) is 0 Å². The summed E-state index contributed by atoms with van der Waals surface area (Å²) in [6.07, 6.45) is 0. The number of carbonyl (C=O) groups excluding carboxylic acids is 2. The number of carbonyl (C=O) groups is 2. The second kappa shape index (κ2) is 14.9. The van der Waals surface area contributed by atoms with Crippen molar-refractivity contribution in [2.24, 2.45) is 11.8 Å². The molecule has 0 rings (SSSR count). The summed E-state index contributed by atoms with van der Waals surface area (Å²) in [5.41, 5.74) is 0. The number of rotatable bonds is 13. The van der Waals surface area contributed by atoms with E-state index in [0.717, 1.165) is 34.5 Å². The highest BCUT2D eigenvalue weighted by Gasteiger charge is 2.16. The number of hydrogen-bond acceptors (Lipinski definition) is 8. The van der Waals surface area contributed by atoms with E-state index in [-0.39, 0.29) is 37.0 Å². The number of esters is 2. The number of thiol groups is 2. The summed E-state index contributed by atoms with van der Waals surface area (Å²) in [6, 6.07) is 0. The van der Waals surface area contributed by atoms with E-state index < -0.39 is 0 Å². The first kappa shape index (κ1) is 22.3. The van der Waals surface area contributed by atoms with Crippen LogP contribution in [0.5, 0.6) is 0 Å². The Morgan fingerprint density at radius 1 is 0.864 bits per heavy atom. The monoisotopic (exact) mass is 386 g/mol. The van der Waals surface area contributed by atoms with E-state index in [0.29, 0.717) is 0 Å². The van der Waals surface area contributed by atoms with Crippen molar-refractivity contribution >= 4 is 60.7 Å². The van der Waals surface area contributed by atoms with Crippen LogP contribution in [-0.4, -0.2) is 59.7 Å². The number of hydrogen-bond donors (Lipinski definition) is 2. The van der Waals surface area contributed by atoms with Gasteiger partial charge in [0.05, 0.1) is 11.8 Å². The summed E-state index contributed by atoms with van der Waals surface area (Å²) in [5.74, 6) is 4.06. The molecule has 0 aliphatic carbocycles. The SMILES string of the molecule is CC(CSCCS)C(=O)OCCOC(=O)C(C)CSCCS. The van der Waals surface area contributed by atoms with Crippen molar-refractivity contribution in [3.8, 4) is 0 Å². The van der Waals surface area contributed by atoms with Gasteiger partial charge in [-0.1, -0.05) is 13.8 Å². The van der Waals surface area contributed by atoms with E-state index in [4.69, 9.17) is 9.47 Å². The fraction of sp³-hybridized carbons (Fsp3) is 0.857. The summed E-state index contributed by atoms with van der Waals surface area (Å²) in [7, 11) is 0. The van der Waals surface area contributed by atoms with Crippen LogP contribution in [0.1, 0.15) is 13.8 Å². The summed E-state index contributed by atoms with van der Waals surface area (Å²) in [5, 5.41) is 0. The number of thioether (sulfide) groups is 2. The maximum atomic E-state index is 11.7. The molecule has 0 saturated carbocycles. The van der Waals surface area contributed by atoms with Gasteiger partial charge in [0, 0.05) is 23.0 Å². The van der Waals surface area contributed by atoms with Gasteiger partial charge in [-0.25, -0.2) is 0 Å². The Balaban J connectivity index is 3.69. The zero-order valence-corrected chi connectivity index (χ0v) is 16.6. The molecule has 22 heavy (non-hydrogen) atoms. The molecule has 0 saturated heterocycles. The average Bonchev–Trinajstić information content (AvgIpc) is 2.51. The molecule has 2 atom stereocenters. The van der Waals surface area contributed by atoms with Gasteiger partial charge in [-0.05, 0) is 11.5 Å². The number of ether oxygens (including phenoxy) is 2. The molecule has 0 aliphatic heterocycles. The van der Waals surface area contributed by atoms with Gasteiger partial charge in [0.1, 0.15) is 13.2 Å². The largest absolute Gasteiger partial charge is 0.462 e. The zero-order valence-electron chi connectivity index (χ0n) is 13.2. The summed E-state index contributed by atoms with van der Waals surface area (Å²) >= 11 is 11.6. The minimum atomic E-state index is -0.250. The highest BCUT2D eigenvalue weighted by Crippen LogP contribution is 2.11. The van der Waals surface area contributed by atoms with E-state index in [9.17, 15) is 9.59 Å². The molecule has 0 heterocycles. The lowest BCUT2D eigenvalue weighted by molar-refractivity contribution is -0.155. The maximum Gasteiger partial charge on any atom is 0.309 e. The average molecular weight is 387 g/mol. The molecule has 130 valence electrons. The molecule has 0 bridgehead atoms. The van der Waals surface area contributed by atoms with Gasteiger partial charge in [0.25, 0.3) is 0 Å². The Morgan fingerprint density at radius 3 is 1.55 bits per heavy atom. The second-order valence-electron chi connectivity index (χ2n) is 4.73. The van der Waals surface area contributed by atoms with Crippen molar-refractivity contribution in [1.82, 2.24) is 0 Å². The lowest BCUT2D eigenvalue weighted by Gasteiger charge is -2.13. The minimum Gasteiger partial charge on any atom is -0.462 e. The van der Waals surface area contributed by atoms with Crippen LogP contribution >= 0.6 is 48.8 Å². The summed E-state index contributed by atoms with van der Waals surface area (Å²) in [6.45, 7) is 3.90. The van der Waals surface area contributed by atoms with E-state index in [1.165, 1.54) is 0 Å². The van der Waals surface area contributed by atoms with Crippen LogP contribution in [-0.2, 0) is 19.1 Å². The normalized spacial score (nSPS) is 13.5. The maximum absolute atomic E-state index is 11.7. The van der Waals surface area contributed by atoms with Crippen molar-refractivity contribution in [3.05, 3.63) is 0 Å². The second-order valence-corrected chi connectivity index (χ2v) is 7.93. The van der Waals surface area contributed by atoms with Gasteiger partial charge in [0.2, 0.25) is 0 Å². The van der Waals surface area contributed by atoms with Gasteiger partial charge in [0.15, 0.2) is 0 Å². The summed E-state index contributed by atoms with van der Waals surface area (Å²) < 4.78 is 10.2. The molecular formula is C14H26O4S4. The molecule has 2 unspecified atom stereocenters. The van der Waals surface area contributed by atoms with Crippen molar-refractivity contribution in [2.75, 3.05) is 47.7 Å². The fourth-order valence-electron chi connectivity index (χ4n) is 1.35. The molecule has 0 aromatic heterocycles.